The molecule has 0 aliphatic heterocycles. The van der Waals surface area contributed by atoms with Crippen molar-refractivity contribution in [3.05, 3.63) is 51.9 Å². The van der Waals surface area contributed by atoms with Gasteiger partial charge in [0.25, 0.3) is 5.56 Å². The Morgan fingerprint density at radius 2 is 1.93 bits per heavy atom. The Labute approximate surface area is 159 Å². The first kappa shape index (κ1) is 20.4. The molecule has 2 aromatic rings. The number of methoxy groups -OCH3 is 1. The van der Waals surface area contributed by atoms with E-state index in [1.165, 1.54) is 20.1 Å². The summed E-state index contributed by atoms with van der Waals surface area (Å²) in [6.45, 7) is 3.13. The van der Waals surface area contributed by atoms with E-state index < -0.39 is 16.8 Å². The second-order valence-corrected chi connectivity index (χ2v) is 7.01. The number of hydrogen-bond acceptors (Lipinski definition) is 7. The molecule has 1 aromatic carbocycles. The second kappa shape index (κ2) is 9.13. The predicted octanol–water partition coefficient (Wildman–Crippen LogP) is 1.81. The second-order valence-electron chi connectivity index (χ2n) is 5.68. The largest absolute Gasteiger partial charge is 0.469 e. The summed E-state index contributed by atoms with van der Waals surface area (Å²) in [7, 11) is 1.25. The van der Waals surface area contributed by atoms with Gasteiger partial charge in [0.05, 0.1) is 24.5 Å². The Bertz CT molecular complexity index is 908. The molecule has 2 N–H and O–H groups in total. The van der Waals surface area contributed by atoms with Crippen molar-refractivity contribution in [3.63, 3.8) is 0 Å². The van der Waals surface area contributed by atoms with Gasteiger partial charge in [-0.1, -0.05) is 11.8 Å². The number of carbonyl (C=O) groups is 3. The molecule has 0 bridgehead atoms. The standard InChI is InChI=1S/C18H19N3O5S/c1-10(22)12-4-6-13(7-5-12)19-17(25)11(2)27-18-20-14(8-15(23)21-18)9-16(24)26-3/h4-8,11H,9H2,1-3H3,(H,19,25)(H,20,21,23)/t11-/m1/s1. The SMILES string of the molecule is COC(=O)Cc1cc(=O)[nH]c(S[C@H](C)C(=O)Nc2ccc(C(C)=O)cc2)n1. The first-order valence-corrected chi connectivity index (χ1v) is 8.92. The van der Waals surface area contributed by atoms with Gasteiger partial charge in [0, 0.05) is 17.3 Å². The summed E-state index contributed by atoms with van der Waals surface area (Å²) in [5, 5.41) is 2.40. The van der Waals surface area contributed by atoms with Crippen molar-refractivity contribution < 1.29 is 19.1 Å². The summed E-state index contributed by atoms with van der Waals surface area (Å²) in [6, 6.07) is 7.75. The minimum Gasteiger partial charge on any atom is -0.469 e. The molecule has 2 rings (SSSR count). The van der Waals surface area contributed by atoms with E-state index in [0.717, 1.165) is 11.8 Å². The molecule has 0 radical (unpaired) electrons. The number of ketones is 1. The molecule has 1 heterocycles. The number of rotatable bonds is 7. The van der Waals surface area contributed by atoms with Gasteiger partial charge in [-0.2, -0.15) is 0 Å². The lowest BCUT2D eigenvalue weighted by Crippen LogP contribution is -2.23. The monoisotopic (exact) mass is 389 g/mol. The van der Waals surface area contributed by atoms with Gasteiger partial charge in [-0.3, -0.25) is 19.2 Å². The number of hydrogen-bond donors (Lipinski definition) is 2. The number of amides is 1. The van der Waals surface area contributed by atoms with Gasteiger partial charge in [-0.05, 0) is 38.1 Å². The summed E-state index contributed by atoms with van der Waals surface area (Å²) >= 11 is 1.06. The summed E-state index contributed by atoms with van der Waals surface area (Å²) in [5.74, 6) is -0.862. The van der Waals surface area contributed by atoms with E-state index in [1.807, 2.05) is 0 Å². The Morgan fingerprint density at radius 1 is 1.26 bits per heavy atom. The normalized spacial score (nSPS) is 11.5. The van der Waals surface area contributed by atoms with Crippen LogP contribution < -0.4 is 10.9 Å². The number of anilines is 1. The average Bonchev–Trinajstić information content (AvgIpc) is 2.61. The van der Waals surface area contributed by atoms with E-state index in [-0.39, 0.29) is 29.0 Å². The minimum absolute atomic E-state index is 0.0568. The molecular weight excluding hydrogens is 370 g/mol. The Balaban J connectivity index is 2.04. The third-order valence-electron chi connectivity index (χ3n) is 3.54. The minimum atomic E-state index is -0.561. The molecule has 1 aromatic heterocycles. The van der Waals surface area contributed by atoms with Gasteiger partial charge >= 0.3 is 5.97 Å². The topological polar surface area (TPSA) is 118 Å². The summed E-state index contributed by atoms with van der Waals surface area (Å²) in [6.07, 6.45) is -0.128. The van der Waals surface area contributed by atoms with E-state index >= 15 is 0 Å². The fourth-order valence-electron chi connectivity index (χ4n) is 2.10. The van der Waals surface area contributed by atoms with Crippen LogP contribution in [0.1, 0.15) is 29.9 Å². The Kier molecular flexibility index (Phi) is 6.89. The number of benzene rings is 1. The molecule has 8 nitrogen and oxygen atoms in total. The number of nitrogens with zero attached hydrogens (tertiary/aromatic N) is 1. The first-order valence-electron chi connectivity index (χ1n) is 8.04. The molecule has 0 saturated carbocycles. The summed E-state index contributed by atoms with van der Waals surface area (Å²) in [5.41, 5.74) is 0.956. The number of nitrogens with one attached hydrogen (secondary N) is 2. The maximum Gasteiger partial charge on any atom is 0.311 e. The highest BCUT2D eigenvalue weighted by Crippen LogP contribution is 2.20. The van der Waals surface area contributed by atoms with Crippen LogP contribution in [0.5, 0.6) is 0 Å². The number of thioether (sulfide) groups is 1. The van der Waals surface area contributed by atoms with E-state index in [0.29, 0.717) is 11.3 Å². The van der Waals surface area contributed by atoms with E-state index in [4.69, 9.17) is 0 Å². The Hall–Kier alpha value is -2.94. The van der Waals surface area contributed by atoms with Crippen LogP contribution in [0.4, 0.5) is 5.69 Å². The number of aromatic nitrogens is 2. The average molecular weight is 389 g/mol. The number of aromatic amines is 1. The van der Waals surface area contributed by atoms with Crippen molar-refractivity contribution in [1.82, 2.24) is 9.97 Å². The molecule has 1 atom stereocenters. The van der Waals surface area contributed by atoms with Gasteiger partial charge < -0.3 is 15.0 Å². The molecule has 142 valence electrons. The number of carbonyl (C=O) groups excluding carboxylic acids is 3. The van der Waals surface area contributed by atoms with Gasteiger partial charge in [0.2, 0.25) is 5.91 Å². The maximum absolute atomic E-state index is 12.3. The van der Waals surface area contributed by atoms with Gasteiger partial charge in [0.1, 0.15) is 0 Å². The van der Waals surface area contributed by atoms with Crippen LogP contribution >= 0.6 is 11.8 Å². The molecule has 0 fully saturated rings. The third-order valence-corrected chi connectivity index (χ3v) is 4.53. The quantitative estimate of drug-likeness (QED) is 0.321. The number of ether oxygens (including phenoxy) is 1. The van der Waals surface area contributed by atoms with Crippen LogP contribution in [0.15, 0.2) is 40.3 Å². The van der Waals surface area contributed by atoms with Crippen LogP contribution in [-0.4, -0.2) is 40.0 Å². The molecule has 0 spiro atoms. The molecule has 0 saturated heterocycles. The van der Waals surface area contributed by atoms with Crippen LogP contribution in [0.25, 0.3) is 0 Å². The molecule has 9 heteroatoms. The highest BCUT2D eigenvalue weighted by molar-refractivity contribution is 8.00. The lowest BCUT2D eigenvalue weighted by Gasteiger charge is -2.12. The lowest BCUT2D eigenvalue weighted by atomic mass is 10.1. The lowest BCUT2D eigenvalue weighted by molar-refractivity contribution is -0.139. The van der Waals surface area contributed by atoms with Gasteiger partial charge in [-0.25, -0.2) is 4.98 Å². The van der Waals surface area contributed by atoms with Crippen molar-refractivity contribution in [2.75, 3.05) is 12.4 Å². The number of esters is 1. The zero-order chi connectivity index (χ0) is 20.0. The summed E-state index contributed by atoms with van der Waals surface area (Å²) in [4.78, 5) is 53.4. The maximum atomic E-state index is 12.3. The van der Waals surface area contributed by atoms with Crippen molar-refractivity contribution >= 4 is 35.1 Å². The molecule has 0 aliphatic carbocycles. The van der Waals surface area contributed by atoms with Crippen LogP contribution in [0.2, 0.25) is 0 Å². The third kappa shape index (κ3) is 6.07. The van der Waals surface area contributed by atoms with E-state index in [2.05, 4.69) is 20.0 Å². The molecule has 27 heavy (non-hydrogen) atoms. The van der Waals surface area contributed by atoms with Crippen LogP contribution in [0.3, 0.4) is 0 Å². The van der Waals surface area contributed by atoms with Gasteiger partial charge in [0.15, 0.2) is 10.9 Å². The zero-order valence-electron chi connectivity index (χ0n) is 15.1. The number of H-pyrrole nitrogens is 1. The smallest absolute Gasteiger partial charge is 0.311 e. The van der Waals surface area contributed by atoms with E-state index in [1.54, 1.807) is 31.2 Å². The fourth-order valence-corrected chi connectivity index (χ4v) is 2.93. The van der Waals surface area contributed by atoms with Crippen molar-refractivity contribution in [3.8, 4) is 0 Å². The fraction of sp³-hybridized carbons (Fsp3) is 0.278. The van der Waals surface area contributed by atoms with Crippen LogP contribution in [-0.2, 0) is 20.7 Å². The molecule has 0 aliphatic rings. The Morgan fingerprint density at radius 3 is 2.52 bits per heavy atom. The predicted molar refractivity (Wildman–Crippen MR) is 101 cm³/mol. The van der Waals surface area contributed by atoms with Crippen molar-refractivity contribution in [2.24, 2.45) is 0 Å². The molecule has 0 unspecified atom stereocenters. The summed E-state index contributed by atoms with van der Waals surface area (Å²) < 4.78 is 4.56. The first-order chi connectivity index (χ1) is 12.8. The highest BCUT2D eigenvalue weighted by Gasteiger charge is 2.17. The molecule has 1 amide bonds. The highest BCUT2D eigenvalue weighted by atomic mass is 32.2. The number of Topliss-reactive ketones (excluding diaryl/α,β-unsaturated/α-hetero) is 1. The van der Waals surface area contributed by atoms with Gasteiger partial charge in [-0.15, -0.1) is 0 Å². The zero-order valence-corrected chi connectivity index (χ0v) is 15.9. The molecular formula is C18H19N3O5S. The van der Waals surface area contributed by atoms with Crippen molar-refractivity contribution in [2.45, 2.75) is 30.7 Å². The van der Waals surface area contributed by atoms with Crippen molar-refractivity contribution in [1.29, 1.82) is 0 Å². The van der Waals surface area contributed by atoms with Crippen LogP contribution in [0, 0.1) is 0 Å². The van der Waals surface area contributed by atoms with E-state index in [9.17, 15) is 19.2 Å².